The quantitative estimate of drug-likeness (QED) is 0.489. The number of hydrogen-bond acceptors (Lipinski definition) is 5. The summed E-state index contributed by atoms with van der Waals surface area (Å²) in [6, 6.07) is 0.217. The molecule has 1 saturated heterocycles. The molecule has 0 bridgehead atoms. The van der Waals surface area contributed by atoms with E-state index in [1.54, 1.807) is 7.11 Å². The Kier molecular flexibility index (Phi) is 5.57. The normalized spacial score (nSPS) is 22.4. The van der Waals surface area contributed by atoms with Gasteiger partial charge in [-0.3, -0.25) is 9.79 Å². The lowest BCUT2D eigenvalue weighted by atomic mass is 9.80. The molecule has 0 aromatic heterocycles. The van der Waals surface area contributed by atoms with Gasteiger partial charge in [-0.2, -0.15) is 0 Å². The van der Waals surface area contributed by atoms with Gasteiger partial charge in [0.1, 0.15) is 0 Å². The number of piperidine rings is 1. The maximum atomic E-state index is 11.2. The molecule has 0 aliphatic carbocycles. The Morgan fingerprint density at radius 2 is 1.65 bits per heavy atom. The van der Waals surface area contributed by atoms with Crippen LogP contribution in [0, 0.1) is 0 Å². The molecule has 1 N–H and O–H groups in total. The van der Waals surface area contributed by atoms with Crippen LogP contribution in [0.4, 0.5) is 0 Å². The number of carbonyl (C=O) groups excluding carboxylic acids is 1. The maximum absolute atomic E-state index is 11.2. The van der Waals surface area contributed by atoms with Crippen molar-refractivity contribution in [1.29, 1.82) is 0 Å². The highest BCUT2D eigenvalue weighted by Gasteiger charge is 2.37. The van der Waals surface area contributed by atoms with E-state index in [9.17, 15) is 4.79 Å². The Hall–Kier alpha value is -1.10. The van der Waals surface area contributed by atoms with Crippen LogP contribution in [0.25, 0.3) is 0 Å². The molecule has 1 rings (SSSR count). The summed E-state index contributed by atoms with van der Waals surface area (Å²) in [5.74, 6) is 0.398. The molecular formula is C15H28N2O3. The molecule has 0 aromatic rings. The highest BCUT2D eigenvalue weighted by molar-refractivity contribution is 5.81. The number of rotatable bonds is 4. The predicted molar refractivity (Wildman–Crippen MR) is 80.0 cm³/mol. The van der Waals surface area contributed by atoms with Crippen molar-refractivity contribution in [1.82, 2.24) is 5.32 Å². The second-order valence-electron chi connectivity index (χ2n) is 6.76. The summed E-state index contributed by atoms with van der Waals surface area (Å²) in [4.78, 5) is 15.9. The van der Waals surface area contributed by atoms with Gasteiger partial charge in [0.05, 0.1) is 26.7 Å². The van der Waals surface area contributed by atoms with Crippen LogP contribution >= 0.6 is 0 Å². The number of esters is 1. The van der Waals surface area contributed by atoms with E-state index in [1.807, 2.05) is 0 Å². The lowest BCUT2D eigenvalue weighted by molar-refractivity contribution is -0.140. The summed E-state index contributed by atoms with van der Waals surface area (Å²) in [5, 5.41) is 3.63. The van der Waals surface area contributed by atoms with Gasteiger partial charge >= 0.3 is 5.97 Å². The van der Waals surface area contributed by atoms with Gasteiger partial charge in [0.25, 0.3) is 0 Å². The fourth-order valence-corrected chi connectivity index (χ4v) is 3.09. The van der Waals surface area contributed by atoms with Crippen molar-refractivity contribution in [3.63, 3.8) is 0 Å². The Morgan fingerprint density at radius 1 is 1.10 bits per heavy atom. The first-order chi connectivity index (χ1) is 9.17. The smallest absolute Gasteiger partial charge is 0.306 e. The molecule has 0 radical (unpaired) electrons. The number of hydrogen-bond donors (Lipinski definition) is 1. The van der Waals surface area contributed by atoms with Crippen molar-refractivity contribution in [3.8, 4) is 0 Å². The topological polar surface area (TPSA) is 59.9 Å². The molecule has 5 heteroatoms. The monoisotopic (exact) mass is 284 g/mol. The average molecular weight is 284 g/mol. The molecule has 0 amide bonds. The van der Waals surface area contributed by atoms with E-state index in [4.69, 9.17) is 9.73 Å². The average Bonchev–Trinajstić information content (AvgIpc) is 2.29. The van der Waals surface area contributed by atoms with Crippen LogP contribution in [0.5, 0.6) is 0 Å². The highest BCUT2D eigenvalue weighted by Crippen LogP contribution is 2.30. The van der Waals surface area contributed by atoms with Crippen LogP contribution < -0.4 is 5.32 Å². The lowest BCUT2D eigenvalue weighted by Gasteiger charge is -2.45. The van der Waals surface area contributed by atoms with Gasteiger partial charge in [0.15, 0.2) is 5.90 Å². The molecule has 1 fully saturated rings. The number of nitrogens with one attached hydrogen (secondary N) is 1. The van der Waals surface area contributed by atoms with Gasteiger partial charge in [-0.25, -0.2) is 0 Å². The minimum absolute atomic E-state index is 0.0527. The number of aliphatic imine (C=N–C) groups is 1. The van der Waals surface area contributed by atoms with Gasteiger partial charge in [-0.05, 0) is 40.5 Å². The third kappa shape index (κ3) is 5.49. The molecule has 1 aliphatic rings. The Balaban J connectivity index is 2.71. The zero-order valence-corrected chi connectivity index (χ0v) is 13.6. The number of methoxy groups -OCH3 is 2. The van der Waals surface area contributed by atoms with Crippen LogP contribution in [0.3, 0.4) is 0 Å². The van der Waals surface area contributed by atoms with E-state index in [1.165, 1.54) is 7.11 Å². The van der Waals surface area contributed by atoms with Crippen molar-refractivity contribution in [2.75, 3.05) is 14.2 Å². The summed E-state index contributed by atoms with van der Waals surface area (Å²) in [5.41, 5.74) is 0.105. The van der Waals surface area contributed by atoms with Crippen molar-refractivity contribution in [3.05, 3.63) is 0 Å². The molecule has 20 heavy (non-hydrogen) atoms. The highest BCUT2D eigenvalue weighted by atomic mass is 16.5. The van der Waals surface area contributed by atoms with E-state index in [-0.39, 0.29) is 23.1 Å². The molecule has 0 saturated carbocycles. The minimum atomic E-state index is -0.235. The molecule has 116 valence electrons. The third-order valence-corrected chi connectivity index (χ3v) is 3.50. The number of nitrogens with zero attached hydrogens (tertiary/aromatic N) is 1. The Labute approximate surface area is 122 Å². The predicted octanol–water partition coefficient (Wildman–Crippen LogP) is 2.29. The van der Waals surface area contributed by atoms with Gasteiger partial charge in [-0.15, -0.1) is 0 Å². The van der Waals surface area contributed by atoms with E-state index < -0.39 is 0 Å². The zero-order chi connectivity index (χ0) is 15.4. The molecule has 0 spiro atoms. The van der Waals surface area contributed by atoms with Gasteiger partial charge < -0.3 is 14.8 Å². The molecule has 0 unspecified atom stereocenters. The van der Waals surface area contributed by atoms with Crippen molar-refractivity contribution < 1.29 is 14.3 Å². The summed E-state index contributed by atoms with van der Waals surface area (Å²) >= 11 is 0. The molecule has 0 atom stereocenters. The van der Waals surface area contributed by atoms with Crippen LogP contribution in [0.1, 0.15) is 53.4 Å². The first kappa shape index (κ1) is 17.0. The standard InChI is InChI=1S/C15H28N2O3/c1-14(2)9-11(10-15(3,4)17-14)16-12(19-5)7-8-13(18)20-6/h11,17H,7-10H2,1-6H3. The Morgan fingerprint density at radius 3 is 2.10 bits per heavy atom. The fourth-order valence-electron chi connectivity index (χ4n) is 3.09. The molecule has 1 heterocycles. The molecule has 0 aromatic carbocycles. The molecule has 5 nitrogen and oxygen atoms in total. The second-order valence-corrected chi connectivity index (χ2v) is 6.76. The second kappa shape index (κ2) is 6.57. The fraction of sp³-hybridized carbons (Fsp3) is 0.867. The van der Waals surface area contributed by atoms with Crippen LogP contribution in [-0.2, 0) is 14.3 Å². The first-order valence-electron chi connectivity index (χ1n) is 7.14. The molecular weight excluding hydrogens is 256 g/mol. The summed E-state index contributed by atoms with van der Waals surface area (Å²) in [6.07, 6.45) is 2.72. The minimum Gasteiger partial charge on any atom is -0.484 e. The van der Waals surface area contributed by atoms with Crippen LogP contribution in [-0.4, -0.2) is 43.2 Å². The van der Waals surface area contributed by atoms with Crippen molar-refractivity contribution in [2.24, 2.45) is 4.99 Å². The maximum Gasteiger partial charge on any atom is 0.306 e. The third-order valence-electron chi connectivity index (χ3n) is 3.50. The number of ether oxygens (including phenoxy) is 2. The zero-order valence-electron chi connectivity index (χ0n) is 13.6. The van der Waals surface area contributed by atoms with Crippen molar-refractivity contribution in [2.45, 2.75) is 70.5 Å². The largest absolute Gasteiger partial charge is 0.484 e. The van der Waals surface area contributed by atoms with E-state index in [2.05, 4.69) is 37.7 Å². The van der Waals surface area contributed by atoms with Crippen molar-refractivity contribution >= 4 is 11.9 Å². The van der Waals surface area contributed by atoms with Crippen LogP contribution in [0.2, 0.25) is 0 Å². The van der Waals surface area contributed by atoms with Gasteiger partial charge in [0, 0.05) is 17.5 Å². The van der Waals surface area contributed by atoms with Crippen LogP contribution in [0.15, 0.2) is 4.99 Å². The lowest BCUT2D eigenvalue weighted by Crippen LogP contribution is -2.58. The first-order valence-corrected chi connectivity index (χ1v) is 7.14. The molecule has 1 aliphatic heterocycles. The number of carbonyl (C=O) groups is 1. The summed E-state index contributed by atoms with van der Waals surface area (Å²) in [7, 11) is 3.00. The summed E-state index contributed by atoms with van der Waals surface area (Å²) in [6.45, 7) is 8.77. The Bertz CT molecular complexity index is 359. The summed E-state index contributed by atoms with van der Waals surface area (Å²) < 4.78 is 9.95. The SMILES string of the molecule is COC(=O)CCC(=NC1CC(C)(C)NC(C)(C)C1)OC. The van der Waals surface area contributed by atoms with E-state index in [0.29, 0.717) is 18.7 Å². The van der Waals surface area contributed by atoms with Gasteiger partial charge in [-0.1, -0.05) is 0 Å². The van der Waals surface area contributed by atoms with E-state index >= 15 is 0 Å². The van der Waals surface area contributed by atoms with Gasteiger partial charge in [0.2, 0.25) is 0 Å². The van der Waals surface area contributed by atoms with E-state index in [0.717, 1.165) is 12.8 Å².